The number of pyridine rings is 1. The van der Waals surface area contributed by atoms with E-state index in [1.54, 1.807) is 13.2 Å². The van der Waals surface area contributed by atoms with Crippen LogP contribution in [0.2, 0.25) is 0 Å². The summed E-state index contributed by atoms with van der Waals surface area (Å²) in [5, 5.41) is 0.745. The molecular weight excluding hydrogens is 318 g/mol. The molecule has 5 nitrogen and oxygen atoms in total. The summed E-state index contributed by atoms with van der Waals surface area (Å²) in [6.07, 6.45) is 3.03. The summed E-state index contributed by atoms with van der Waals surface area (Å²) in [4.78, 5) is 16.1. The number of hydrogen-bond donors (Lipinski definition) is 0. The third kappa shape index (κ3) is 3.95. The topological polar surface area (TPSA) is 57.7 Å². The zero-order valence-corrected chi connectivity index (χ0v) is 13.9. The lowest BCUT2D eigenvalue weighted by Crippen LogP contribution is -2.08. The van der Waals surface area contributed by atoms with Crippen molar-refractivity contribution in [2.75, 3.05) is 14.2 Å². The van der Waals surface area contributed by atoms with E-state index in [2.05, 4.69) is 9.72 Å². The Labute approximate surface area is 145 Å². The maximum atomic E-state index is 11.5. The molecule has 0 saturated heterocycles. The van der Waals surface area contributed by atoms with E-state index in [1.807, 2.05) is 60.7 Å². The van der Waals surface area contributed by atoms with Crippen LogP contribution in [0, 0.1) is 0 Å². The summed E-state index contributed by atoms with van der Waals surface area (Å²) in [7, 11) is 2.91. The molecule has 0 aliphatic carbocycles. The number of aromatic nitrogens is 1. The first kappa shape index (κ1) is 16.5. The highest BCUT2D eigenvalue weighted by atomic mass is 16.7. The van der Waals surface area contributed by atoms with Gasteiger partial charge in [0.1, 0.15) is 11.5 Å². The van der Waals surface area contributed by atoms with Gasteiger partial charge in [0, 0.05) is 11.5 Å². The average molecular weight is 335 g/mol. The Morgan fingerprint density at radius 3 is 2.48 bits per heavy atom. The van der Waals surface area contributed by atoms with Gasteiger partial charge in [-0.25, -0.2) is 9.78 Å². The number of hydrogen-bond acceptors (Lipinski definition) is 5. The molecule has 0 atom stereocenters. The van der Waals surface area contributed by atoms with E-state index >= 15 is 0 Å². The minimum atomic E-state index is -0.763. The van der Waals surface area contributed by atoms with Crippen molar-refractivity contribution in [3.05, 3.63) is 65.9 Å². The van der Waals surface area contributed by atoms with Crippen LogP contribution in [0.4, 0.5) is 4.79 Å². The molecule has 2 aromatic carbocycles. The van der Waals surface area contributed by atoms with Crippen LogP contribution in [-0.2, 0) is 4.74 Å². The van der Waals surface area contributed by atoms with Crippen molar-refractivity contribution in [1.29, 1.82) is 0 Å². The van der Waals surface area contributed by atoms with Gasteiger partial charge in [0.15, 0.2) is 0 Å². The maximum Gasteiger partial charge on any atom is 0.513 e. The van der Waals surface area contributed by atoms with Gasteiger partial charge < -0.3 is 14.2 Å². The largest absolute Gasteiger partial charge is 0.513 e. The number of nitrogens with zero attached hydrogens (tertiary/aromatic N) is 1. The Balaban J connectivity index is 1.95. The number of rotatable bonds is 4. The second-order valence-electron chi connectivity index (χ2n) is 5.23. The van der Waals surface area contributed by atoms with E-state index in [0.29, 0.717) is 11.4 Å². The quantitative estimate of drug-likeness (QED) is 0.654. The van der Waals surface area contributed by atoms with E-state index in [9.17, 15) is 4.79 Å². The van der Waals surface area contributed by atoms with Gasteiger partial charge in [-0.1, -0.05) is 30.3 Å². The number of para-hydroxylation sites is 1. The molecule has 25 heavy (non-hydrogen) atoms. The second kappa shape index (κ2) is 7.49. The van der Waals surface area contributed by atoms with Crippen molar-refractivity contribution in [1.82, 2.24) is 4.98 Å². The predicted molar refractivity (Wildman–Crippen MR) is 96.7 cm³/mol. The monoisotopic (exact) mass is 335 g/mol. The predicted octanol–water partition coefficient (Wildman–Crippen LogP) is 4.56. The minimum Gasteiger partial charge on any atom is -0.497 e. The van der Waals surface area contributed by atoms with Crippen molar-refractivity contribution in [2.24, 2.45) is 0 Å². The zero-order chi connectivity index (χ0) is 17.6. The van der Waals surface area contributed by atoms with Crippen LogP contribution >= 0.6 is 0 Å². The third-order valence-corrected chi connectivity index (χ3v) is 3.62. The molecule has 1 heterocycles. The molecule has 5 heteroatoms. The van der Waals surface area contributed by atoms with Gasteiger partial charge in [-0.05, 0) is 35.9 Å². The van der Waals surface area contributed by atoms with E-state index in [-0.39, 0.29) is 0 Å². The fourth-order valence-corrected chi connectivity index (χ4v) is 2.36. The summed E-state index contributed by atoms with van der Waals surface area (Å²) in [6, 6.07) is 16.8. The molecule has 0 unspecified atom stereocenters. The van der Waals surface area contributed by atoms with Gasteiger partial charge in [0.2, 0.25) is 0 Å². The number of carbonyl (C=O) groups excluding carboxylic acids is 1. The fourth-order valence-electron chi connectivity index (χ4n) is 2.36. The van der Waals surface area contributed by atoms with Crippen LogP contribution in [0.15, 0.2) is 54.6 Å². The number of ether oxygens (including phenoxy) is 3. The highest BCUT2D eigenvalue weighted by Crippen LogP contribution is 2.26. The van der Waals surface area contributed by atoms with Gasteiger partial charge >= 0.3 is 6.16 Å². The van der Waals surface area contributed by atoms with Crippen molar-refractivity contribution in [2.45, 2.75) is 0 Å². The average Bonchev–Trinajstić information content (AvgIpc) is 2.66. The van der Waals surface area contributed by atoms with Gasteiger partial charge in [-0.2, -0.15) is 0 Å². The van der Waals surface area contributed by atoms with Crippen molar-refractivity contribution in [3.8, 4) is 11.5 Å². The lowest BCUT2D eigenvalue weighted by molar-refractivity contribution is 0.122. The summed E-state index contributed by atoms with van der Waals surface area (Å²) in [5.74, 6) is 1.21. The Morgan fingerprint density at radius 1 is 1.00 bits per heavy atom. The molecule has 3 aromatic rings. The zero-order valence-electron chi connectivity index (χ0n) is 13.9. The van der Waals surface area contributed by atoms with Gasteiger partial charge in [0.25, 0.3) is 0 Å². The summed E-state index contributed by atoms with van der Waals surface area (Å²) in [6.45, 7) is 0. The highest BCUT2D eigenvalue weighted by molar-refractivity contribution is 5.88. The van der Waals surface area contributed by atoms with E-state index < -0.39 is 6.16 Å². The molecule has 0 spiro atoms. The first-order chi connectivity index (χ1) is 12.2. The van der Waals surface area contributed by atoms with Crippen LogP contribution in [0.25, 0.3) is 23.1 Å². The van der Waals surface area contributed by atoms with E-state index in [1.165, 1.54) is 7.11 Å². The summed E-state index contributed by atoms with van der Waals surface area (Å²) in [5.41, 5.74) is 2.41. The third-order valence-electron chi connectivity index (χ3n) is 3.62. The molecule has 0 saturated carbocycles. The van der Waals surface area contributed by atoms with Crippen LogP contribution in [0.5, 0.6) is 11.5 Å². The molecule has 0 bridgehead atoms. The fraction of sp³-hybridized carbons (Fsp3) is 0.100. The molecule has 1 aromatic heterocycles. The van der Waals surface area contributed by atoms with Crippen molar-refractivity contribution in [3.63, 3.8) is 0 Å². The van der Waals surface area contributed by atoms with Crippen LogP contribution in [-0.4, -0.2) is 25.4 Å². The van der Waals surface area contributed by atoms with Crippen LogP contribution < -0.4 is 9.47 Å². The smallest absolute Gasteiger partial charge is 0.497 e. The van der Waals surface area contributed by atoms with Crippen LogP contribution in [0.1, 0.15) is 11.3 Å². The molecule has 0 aliphatic heterocycles. The Morgan fingerprint density at radius 2 is 1.76 bits per heavy atom. The second-order valence-corrected chi connectivity index (χ2v) is 5.23. The lowest BCUT2D eigenvalue weighted by Gasteiger charge is -2.07. The van der Waals surface area contributed by atoms with Gasteiger partial charge in [0.05, 0.1) is 25.4 Å². The SMILES string of the molecule is COC(=O)Oc1cc(C=Cc2ccc(OC)cc2)nc2ccccc12. The maximum absolute atomic E-state index is 11.5. The normalized spacial score (nSPS) is 10.8. The van der Waals surface area contributed by atoms with E-state index in [0.717, 1.165) is 22.2 Å². The number of benzene rings is 2. The standard InChI is InChI=1S/C20H17NO4/c1-23-16-11-8-14(9-12-16)7-10-15-13-19(25-20(22)24-2)17-5-3-4-6-18(17)21-15/h3-13H,1-2H3. The highest BCUT2D eigenvalue weighted by Gasteiger charge is 2.10. The molecule has 0 radical (unpaired) electrons. The number of methoxy groups -OCH3 is 2. The Hall–Kier alpha value is -3.34. The molecule has 3 rings (SSSR count). The lowest BCUT2D eigenvalue weighted by atomic mass is 10.1. The van der Waals surface area contributed by atoms with Crippen molar-refractivity contribution < 1.29 is 19.0 Å². The Kier molecular flexibility index (Phi) is 4.95. The first-order valence-corrected chi connectivity index (χ1v) is 7.67. The van der Waals surface area contributed by atoms with Crippen molar-refractivity contribution >= 4 is 29.2 Å². The Bertz CT molecular complexity index is 917. The molecule has 0 N–H and O–H groups in total. The molecule has 0 fully saturated rings. The van der Waals surface area contributed by atoms with Gasteiger partial charge in [-0.15, -0.1) is 0 Å². The van der Waals surface area contributed by atoms with E-state index in [4.69, 9.17) is 9.47 Å². The molecule has 0 amide bonds. The molecule has 126 valence electrons. The van der Waals surface area contributed by atoms with Crippen LogP contribution in [0.3, 0.4) is 0 Å². The summed E-state index contributed by atoms with van der Waals surface area (Å²) >= 11 is 0. The van der Waals surface area contributed by atoms with Gasteiger partial charge in [-0.3, -0.25) is 0 Å². The minimum absolute atomic E-state index is 0.409. The molecular formula is C20H17NO4. The number of carbonyl (C=O) groups is 1. The molecule has 0 aliphatic rings. The summed E-state index contributed by atoms with van der Waals surface area (Å²) < 4.78 is 15.0. The first-order valence-electron chi connectivity index (χ1n) is 7.67. The number of fused-ring (bicyclic) bond motifs is 1.